The van der Waals surface area contributed by atoms with E-state index in [0.717, 1.165) is 21.9 Å². The summed E-state index contributed by atoms with van der Waals surface area (Å²) in [5.74, 6) is 0. The highest BCUT2D eigenvalue weighted by atomic mass is 16.3. The van der Waals surface area contributed by atoms with Crippen LogP contribution in [0.15, 0.2) is 126 Å². The van der Waals surface area contributed by atoms with Crippen molar-refractivity contribution in [2.75, 3.05) is 4.81 Å². The van der Waals surface area contributed by atoms with Gasteiger partial charge in [0.1, 0.15) is 11.2 Å². The molecule has 3 aliphatic rings. The Balaban J connectivity index is 1.22. The molecule has 4 heteroatoms. The first-order valence-electron chi connectivity index (χ1n) is 22.2. The van der Waals surface area contributed by atoms with E-state index in [2.05, 4.69) is 207 Å². The molecule has 0 N–H and O–H groups in total. The third-order valence-electron chi connectivity index (χ3n) is 14.6. The van der Waals surface area contributed by atoms with Gasteiger partial charge in [-0.1, -0.05) is 149 Å². The van der Waals surface area contributed by atoms with Gasteiger partial charge in [-0.15, -0.1) is 0 Å². The molecule has 0 saturated heterocycles. The Morgan fingerprint density at radius 3 is 1.89 bits per heavy atom. The molecule has 0 radical (unpaired) electrons. The Morgan fingerprint density at radius 2 is 1.15 bits per heavy atom. The quantitative estimate of drug-likeness (QED) is 0.154. The van der Waals surface area contributed by atoms with Gasteiger partial charge in [-0.25, -0.2) is 0 Å². The van der Waals surface area contributed by atoms with E-state index in [-0.39, 0.29) is 28.5 Å². The van der Waals surface area contributed by atoms with Gasteiger partial charge in [0, 0.05) is 49.6 Å². The predicted molar refractivity (Wildman–Crippen MR) is 261 cm³/mol. The van der Waals surface area contributed by atoms with Crippen LogP contribution in [0, 0.1) is 0 Å². The molecule has 300 valence electrons. The van der Waals surface area contributed by atoms with Crippen LogP contribution < -0.4 is 15.7 Å². The zero-order chi connectivity index (χ0) is 42.3. The Labute approximate surface area is 360 Å². The Hall–Kier alpha value is -6.00. The highest BCUT2D eigenvalue weighted by molar-refractivity contribution is 6.93. The van der Waals surface area contributed by atoms with Crippen molar-refractivity contribution in [3.05, 3.63) is 149 Å². The summed E-state index contributed by atoms with van der Waals surface area (Å²) in [6.45, 7) is 25.5. The first-order chi connectivity index (χ1) is 28.9. The molecule has 1 aliphatic carbocycles. The largest absolute Gasteiger partial charge is 0.456 e. The maximum absolute atomic E-state index is 6.84. The fourth-order valence-corrected chi connectivity index (χ4v) is 11.2. The van der Waals surface area contributed by atoms with Crippen LogP contribution in [0.1, 0.15) is 104 Å². The standard InChI is InChI=1S/C57H53BN2O/c1-54(2,3)32-16-20-35(21-17-32)60-49-29-43-37-22-18-34(56(7,8)9)27-50(37)61-51(43)30-42(49)38-23-24-39-41-28-40-36-14-12-13-15-44(36)57(10,11)45(40)31-48(41)59-47-25-19-33(55(4,5)6)26-46(47)58(60)52(38)53(39)59/h12-31H,1-11H3. The lowest BCUT2D eigenvalue weighted by molar-refractivity contribution is 0.587. The van der Waals surface area contributed by atoms with E-state index in [1.165, 1.54) is 99.9 Å². The minimum atomic E-state index is -0.104. The van der Waals surface area contributed by atoms with Crippen LogP contribution >= 0.6 is 0 Å². The number of benzene rings is 7. The maximum Gasteiger partial charge on any atom is 0.333 e. The molecule has 0 unspecified atom stereocenters. The van der Waals surface area contributed by atoms with Gasteiger partial charge in [-0.3, -0.25) is 0 Å². The summed E-state index contributed by atoms with van der Waals surface area (Å²) in [5, 5.41) is 4.93. The molecule has 0 spiro atoms. The molecule has 0 fully saturated rings. The lowest BCUT2D eigenvalue weighted by Crippen LogP contribution is -2.60. The Kier molecular flexibility index (Phi) is 7.05. The third kappa shape index (κ3) is 4.94. The average Bonchev–Trinajstić information content (AvgIpc) is 3.82. The monoisotopic (exact) mass is 792 g/mol. The van der Waals surface area contributed by atoms with E-state index in [1.807, 2.05) is 0 Å². The van der Waals surface area contributed by atoms with E-state index in [1.54, 1.807) is 0 Å². The van der Waals surface area contributed by atoms with E-state index in [4.69, 9.17) is 4.42 Å². The first kappa shape index (κ1) is 36.8. The van der Waals surface area contributed by atoms with E-state index < -0.39 is 0 Å². The van der Waals surface area contributed by atoms with Gasteiger partial charge in [-0.05, 0) is 120 Å². The molecule has 2 aromatic heterocycles. The summed E-state index contributed by atoms with van der Waals surface area (Å²) < 4.78 is 9.47. The minimum Gasteiger partial charge on any atom is -0.456 e. The summed E-state index contributed by atoms with van der Waals surface area (Å²) in [7, 11) is 0. The fraction of sp³-hybridized carbons (Fsp3) is 0.263. The molecule has 0 amide bonds. The zero-order valence-electron chi connectivity index (χ0n) is 37.4. The Bertz CT molecular complexity index is 3390. The second kappa shape index (κ2) is 11.7. The third-order valence-corrected chi connectivity index (χ3v) is 14.6. The summed E-state index contributed by atoms with van der Waals surface area (Å²) in [5.41, 5.74) is 22.7. The predicted octanol–water partition coefficient (Wildman–Crippen LogP) is 14.1. The van der Waals surface area contributed by atoms with Crippen molar-refractivity contribution in [1.29, 1.82) is 0 Å². The smallest absolute Gasteiger partial charge is 0.333 e. The van der Waals surface area contributed by atoms with Crippen LogP contribution in [0.25, 0.3) is 71.7 Å². The molecule has 0 bridgehead atoms. The van der Waals surface area contributed by atoms with Crippen LogP contribution in [0.2, 0.25) is 0 Å². The zero-order valence-corrected chi connectivity index (χ0v) is 37.4. The molecule has 2 aliphatic heterocycles. The van der Waals surface area contributed by atoms with E-state index >= 15 is 0 Å². The molecule has 9 aromatic rings. The SMILES string of the molecule is CC(C)(C)c1ccc(N2B3c4cc(C(C)(C)C)ccc4-n4c5cc6c(cc5c5ccc(c3c54)-c3cc4oc5cc(C(C)(C)C)ccc5c4cc32)-c2ccccc2C6(C)C)cc1. The van der Waals surface area contributed by atoms with Gasteiger partial charge in [0.05, 0.1) is 11.0 Å². The number of fused-ring (bicyclic) bond motifs is 14. The molecule has 4 heterocycles. The van der Waals surface area contributed by atoms with Crippen LogP contribution in [0.5, 0.6) is 0 Å². The number of aromatic nitrogens is 1. The highest BCUT2D eigenvalue weighted by Crippen LogP contribution is 2.53. The van der Waals surface area contributed by atoms with Crippen LogP contribution in [-0.2, 0) is 21.7 Å². The van der Waals surface area contributed by atoms with Crippen LogP contribution in [0.4, 0.5) is 11.4 Å². The molecule has 3 nitrogen and oxygen atoms in total. The fourth-order valence-electron chi connectivity index (χ4n) is 11.2. The number of hydrogen-bond donors (Lipinski definition) is 0. The summed E-state index contributed by atoms with van der Waals surface area (Å²) in [6, 6.07) is 47.2. The summed E-state index contributed by atoms with van der Waals surface area (Å²) in [4.78, 5) is 2.66. The van der Waals surface area contributed by atoms with Crippen molar-refractivity contribution in [3.63, 3.8) is 0 Å². The van der Waals surface area contributed by atoms with Gasteiger partial charge in [0.2, 0.25) is 0 Å². The van der Waals surface area contributed by atoms with Crippen molar-refractivity contribution in [2.45, 2.75) is 97.8 Å². The van der Waals surface area contributed by atoms with Gasteiger partial charge in [0.25, 0.3) is 0 Å². The minimum absolute atomic E-state index is 0.0201. The topological polar surface area (TPSA) is 21.3 Å². The lowest BCUT2D eigenvalue weighted by Gasteiger charge is -2.42. The number of furan rings is 1. The number of anilines is 2. The molecule has 0 saturated carbocycles. The number of hydrogen-bond acceptors (Lipinski definition) is 2. The normalized spacial score (nSPS) is 15.2. The van der Waals surface area contributed by atoms with Gasteiger partial charge >= 0.3 is 6.85 Å². The second-order valence-corrected chi connectivity index (χ2v) is 21.9. The maximum atomic E-state index is 6.84. The molecular formula is C57H53BN2O. The molecule has 61 heavy (non-hydrogen) atoms. The van der Waals surface area contributed by atoms with Crippen molar-refractivity contribution in [3.8, 4) is 27.9 Å². The number of nitrogens with zero attached hydrogens (tertiary/aromatic N) is 2. The molecular weight excluding hydrogens is 739 g/mol. The van der Waals surface area contributed by atoms with Crippen molar-refractivity contribution < 1.29 is 4.42 Å². The Morgan fingerprint density at radius 1 is 0.492 bits per heavy atom. The van der Waals surface area contributed by atoms with Crippen molar-refractivity contribution >= 4 is 72.9 Å². The average molecular weight is 793 g/mol. The van der Waals surface area contributed by atoms with Crippen LogP contribution in [0.3, 0.4) is 0 Å². The first-order valence-corrected chi connectivity index (χ1v) is 22.2. The molecule has 12 rings (SSSR count). The summed E-state index contributed by atoms with van der Waals surface area (Å²) in [6.07, 6.45) is 0. The van der Waals surface area contributed by atoms with E-state index in [0.29, 0.717) is 0 Å². The highest BCUT2D eigenvalue weighted by Gasteiger charge is 2.45. The van der Waals surface area contributed by atoms with E-state index in [9.17, 15) is 0 Å². The van der Waals surface area contributed by atoms with Gasteiger partial charge in [0.15, 0.2) is 0 Å². The van der Waals surface area contributed by atoms with Crippen LogP contribution in [-0.4, -0.2) is 11.4 Å². The van der Waals surface area contributed by atoms with Crippen molar-refractivity contribution in [1.82, 2.24) is 4.57 Å². The summed E-state index contributed by atoms with van der Waals surface area (Å²) >= 11 is 0. The lowest BCUT2D eigenvalue weighted by atomic mass is 9.43. The molecule has 0 atom stereocenters. The van der Waals surface area contributed by atoms with Gasteiger partial charge < -0.3 is 13.8 Å². The number of rotatable bonds is 1. The van der Waals surface area contributed by atoms with Crippen molar-refractivity contribution in [2.24, 2.45) is 0 Å². The second-order valence-electron chi connectivity index (χ2n) is 21.9. The van der Waals surface area contributed by atoms with Gasteiger partial charge in [-0.2, -0.15) is 0 Å². The molecule has 7 aromatic carbocycles.